The van der Waals surface area contributed by atoms with E-state index >= 15 is 0 Å². The highest BCUT2D eigenvalue weighted by Gasteiger charge is 2.33. The summed E-state index contributed by atoms with van der Waals surface area (Å²) in [5, 5.41) is 3.27. The van der Waals surface area contributed by atoms with E-state index in [1.165, 1.54) is 5.56 Å². The van der Waals surface area contributed by atoms with Crippen molar-refractivity contribution in [2.45, 2.75) is 37.9 Å². The standard InChI is InChI=1S/C21H24N2O2/c24-21(22-18-12-14-25-20-11-5-4-9-17(18)20)19-10-6-13-23(19)15-16-7-2-1-3-8-16/h1-5,7-9,11,18-19H,6,10,12-15H2,(H,22,24)/t18-,19-/m1/s1. The lowest BCUT2D eigenvalue weighted by molar-refractivity contribution is -0.126. The number of fused-ring (bicyclic) bond motifs is 1. The Labute approximate surface area is 148 Å². The van der Waals surface area contributed by atoms with Gasteiger partial charge in [0.1, 0.15) is 5.75 Å². The number of nitrogens with one attached hydrogen (secondary N) is 1. The first-order chi connectivity index (χ1) is 12.3. The molecule has 1 amide bonds. The molecular weight excluding hydrogens is 312 g/mol. The van der Waals surface area contributed by atoms with Crippen LogP contribution >= 0.6 is 0 Å². The molecule has 0 unspecified atom stereocenters. The van der Waals surface area contributed by atoms with Crippen molar-refractivity contribution < 1.29 is 9.53 Å². The number of para-hydroxylation sites is 1. The smallest absolute Gasteiger partial charge is 0.237 e. The lowest BCUT2D eigenvalue weighted by atomic mass is 10.00. The van der Waals surface area contributed by atoms with Gasteiger partial charge in [0, 0.05) is 18.5 Å². The maximum absolute atomic E-state index is 12.9. The first-order valence-corrected chi connectivity index (χ1v) is 9.11. The minimum Gasteiger partial charge on any atom is -0.493 e. The van der Waals surface area contributed by atoms with Crippen molar-refractivity contribution in [2.24, 2.45) is 0 Å². The Morgan fingerprint density at radius 2 is 1.88 bits per heavy atom. The van der Waals surface area contributed by atoms with Crippen LogP contribution in [-0.4, -0.2) is 30.0 Å². The molecule has 2 aromatic rings. The van der Waals surface area contributed by atoms with Gasteiger partial charge in [0.15, 0.2) is 0 Å². The summed E-state index contributed by atoms with van der Waals surface area (Å²) in [6.07, 6.45) is 2.84. The van der Waals surface area contributed by atoms with Crippen LogP contribution in [0.1, 0.15) is 36.4 Å². The summed E-state index contributed by atoms with van der Waals surface area (Å²) in [4.78, 5) is 15.2. The largest absolute Gasteiger partial charge is 0.493 e. The van der Waals surface area contributed by atoms with Crippen LogP contribution in [0.4, 0.5) is 0 Å². The Morgan fingerprint density at radius 3 is 2.76 bits per heavy atom. The lowest BCUT2D eigenvalue weighted by Gasteiger charge is -2.30. The second-order valence-corrected chi connectivity index (χ2v) is 6.85. The van der Waals surface area contributed by atoms with Gasteiger partial charge in [-0.05, 0) is 31.0 Å². The molecule has 130 valence electrons. The number of hydrogen-bond acceptors (Lipinski definition) is 3. The van der Waals surface area contributed by atoms with Crippen LogP contribution in [0.2, 0.25) is 0 Å². The molecule has 0 radical (unpaired) electrons. The van der Waals surface area contributed by atoms with Gasteiger partial charge < -0.3 is 10.1 Å². The van der Waals surface area contributed by atoms with Crippen molar-refractivity contribution in [2.75, 3.05) is 13.2 Å². The van der Waals surface area contributed by atoms with Crippen molar-refractivity contribution in [3.8, 4) is 5.75 Å². The molecule has 0 saturated carbocycles. The molecule has 0 aromatic heterocycles. The van der Waals surface area contributed by atoms with E-state index in [9.17, 15) is 4.79 Å². The molecule has 0 aliphatic carbocycles. The number of carbonyl (C=O) groups is 1. The van der Waals surface area contributed by atoms with Gasteiger partial charge in [-0.15, -0.1) is 0 Å². The molecule has 2 aromatic carbocycles. The van der Waals surface area contributed by atoms with Gasteiger partial charge in [0.05, 0.1) is 18.7 Å². The highest BCUT2D eigenvalue weighted by molar-refractivity contribution is 5.82. The molecule has 2 atom stereocenters. The Bertz CT molecular complexity index is 732. The van der Waals surface area contributed by atoms with Crippen molar-refractivity contribution in [3.05, 3.63) is 65.7 Å². The molecule has 25 heavy (non-hydrogen) atoms. The maximum Gasteiger partial charge on any atom is 0.237 e. The molecule has 4 heteroatoms. The van der Waals surface area contributed by atoms with Crippen LogP contribution < -0.4 is 10.1 Å². The van der Waals surface area contributed by atoms with E-state index in [2.05, 4.69) is 40.5 Å². The number of hydrogen-bond donors (Lipinski definition) is 1. The summed E-state index contributed by atoms with van der Waals surface area (Å²) in [5.41, 5.74) is 2.35. The van der Waals surface area contributed by atoms with Crippen molar-refractivity contribution in [1.82, 2.24) is 10.2 Å². The third-order valence-electron chi connectivity index (χ3n) is 5.17. The molecule has 2 aliphatic rings. The zero-order valence-corrected chi connectivity index (χ0v) is 14.4. The SMILES string of the molecule is O=C(N[C@@H]1CCOc2ccccc21)[C@H]1CCCN1Cc1ccccc1. The van der Waals surface area contributed by atoms with E-state index in [-0.39, 0.29) is 18.0 Å². The van der Waals surface area contributed by atoms with Crippen LogP contribution in [0.15, 0.2) is 54.6 Å². The molecule has 1 N–H and O–H groups in total. The number of carbonyl (C=O) groups excluding carboxylic acids is 1. The summed E-state index contributed by atoms with van der Waals surface area (Å²) in [6.45, 7) is 2.47. The highest BCUT2D eigenvalue weighted by atomic mass is 16.5. The van der Waals surface area contributed by atoms with Crippen LogP contribution in [0.3, 0.4) is 0 Å². The second kappa shape index (κ2) is 7.28. The molecule has 1 saturated heterocycles. The van der Waals surface area contributed by atoms with Gasteiger partial charge in [-0.1, -0.05) is 48.5 Å². The van der Waals surface area contributed by atoms with Gasteiger partial charge in [-0.25, -0.2) is 0 Å². The fourth-order valence-corrected chi connectivity index (χ4v) is 3.89. The van der Waals surface area contributed by atoms with Gasteiger partial charge in [0.2, 0.25) is 5.91 Å². The van der Waals surface area contributed by atoms with E-state index in [4.69, 9.17) is 4.74 Å². The van der Waals surface area contributed by atoms with Gasteiger partial charge >= 0.3 is 0 Å². The van der Waals surface area contributed by atoms with Crippen LogP contribution in [0, 0.1) is 0 Å². The van der Waals surface area contributed by atoms with Crippen LogP contribution in [-0.2, 0) is 11.3 Å². The fraction of sp³-hybridized carbons (Fsp3) is 0.381. The zero-order valence-electron chi connectivity index (χ0n) is 14.4. The average Bonchev–Trinajstić information content (AvgIpc) is 3.11. The van der Waals surface area contributed by atoms with E-state index in [0.717, 1.165) is 43.7 Å². The number of ether oxygens (including phenoxy) is 1. The molecule has 0 spiro atoms. The van der Waals surface area contributed by atoms with E-state index < -0.39 is 0 Å². The average molecular weight is 336 g/mol. The summed E-state index contributed by atoms with van der Waals surface area (Å²) >= 11 is 0. The third-order valence-corrected chi connectivity index (χ3v) is 5.17. The molecule has 1 fully saturated rings. The molecule has 2 heterocycles. The first kappa shape index (κ1) is 16.2. The predicted molar refractivity (Wildman–Crippen MR) is 97.3 cm³/mol. The normalized spacial score (nSPS) is 22.9. The lowest BCUT2D eigenvalue weighted by Crippen LogP contribution is -2.45. The monoisotopic (exact) mass is 336 g/mol. The molecule has 2 aliphatic heterocycles. The summed E-state index contributed by atoms with van der Waals surface area (Å²) in [7, 11) is 0. The molecule has 0 bridgehead atoms. The van der Waals surface area contributed by atoms with Gasteiger partial charge in [0.25, 0.3) is 0 Å². The van der Waals surface area contributed by atoms with E-state index in [1.807, 2.05) is 24.3 Å². The van der Waals surface area contributed by atoms with Crippen LogP contribution in [0.25, 0.3) is 0 Å². The van der Waals surface area contributed by atoms with Crippen molar-refractivity contribution >= 4 is 5.91 Å². The second-order valence-electron chi connectivity index (χ2n) is 6.85. The molecule has 4 rings (SSSR count). The van der Waals surface area contributed by atoms with E-state index in [1.54, 1.807) is 0 Å². The Balaban J connectivity index is 1.44. The quantitative estimate of drug-likeness (QED) is 0.931. The minimum atomic E-state index is -0.0322. The minimum absolute atomic E-state index is 0.0322. The topological polar surface area (TPSA) is 41.6 Å². The number of nitrogens with zero attached hydrogens (tertiary/aromatic N) is 1. The summed E-state index contributed by atoms with van der Waals surface area (Å²) in [6, 6.07) is 18.4. The number of benzene rings is 2. The Morgan fingerprint density at radius 1 is 1.08 bits per heavy atom. The Kier molecular flexibility index (Phi) is 4.70. The molecular formula is C21H24N2O2. The third kappa shape index (κ3) is 3.54. The first-order valence-electron chi connectivity index (χ1n) is 9.11. The zero-order chi connectivity index (χ0) is 17.1. The Hall–Kier alpha value is -2.33. The van der Waals surface area contributed by atoms with Crippen LogP contribution in [0.5, 0.6) is 5.75 Å². The van der Waals surface area contributed by atoms with E-state index in [0.29, 0.717) is 6.61 Å². The van der Waals surface area contributed by atoms with Gasteiger partial charge in [-0.3, -0.25) is 9.69 Å². The number of rotatable bonds is 4. The maximum atomic E-state index is 12.9. The van der Waals surface area contributed by atoms with Gasteiger partial charge in [-0.2, -0.15) is 0 Å². The highest BCUT2D eigenvalue weighted by Crippen LogP contribution is 2.32. The fourth-order valence-electron chi connectivity index (χ4n) is 3.89. The predicted octanol–water partition coefficient (Wildman–Crippen LogP) is 3.29. The molecule has 4 nitrogen and oxygen atoms in total. The van der Waals surface area contributed by atoms with Crippen molar-refractivity contribution in [1.29, 1.82) is 0 Å². The summed E-state index contributed by atoms with van der Waals surface area (Å²) in [5.74, 6) is 1.04. The number of amides is 1. The summed E-state index contributed by atoms with van der Waals surface area (Å²) < 4.78 is 5.70. The van der Waals surface area contributed by atoms with Crippen molar-refractivity contribution in [3.63, 3.8) is 0 Å². The number of likely N-dealkylation sites (tertiary alicyclic amines) is 1.